The van der Waals surface area contributed by atoms with Crippen molar-refractivity contribution in [3.05, 3.63) is 29.8 Å². The molecule has 0 heterocycles. The van der Waals surface area contributed by atoms with Crippen LogP contribution in [0.4, 0.5) is 0 Å². The van der Waals surface area contributed by atoms with E-state index in [0.29, 0.717) is 6.04 Å². The molecule has 0 saturated heterocycles. The number of hydrogen-bond acceptors (Lipinski definition) is 4. The number of hydrogen-bond donors (Lipinski definition) is 1. The van der Waals surface area contributed by atoms with Gasteiger partial charge in [0.2, 0.25) is 0 Å². The van der Waals surface area contributed by atoms with Gasteiger partial charge in [0.1, 0.15) is 5.75 Å². The Balaban J connectivity index is 2.11. The SMILES string of the molecule is COc1ccc(CC(C)NCCOCCN(C)C)cc1. The van der Waals surface area contributed by atoms with Crippen molar-refractivity contribution in [3.8, 4) is 5.75 Å². The zero-order valence-corrected chi connectivity index (χ0v) is 13.2. The highest BCUT2D eigenvalue weighted by Gasteiger charge is 2.03. The first-order chi connectivity index (χ1) is 9.61. The highest BCUT2D eigenvalue weighted by molar-refractivity contribution is 5.27. The number of methoxy groups -OCH3 is 1. The fourth-order valence-electron chi connectivity index (χ4n) is 1.91. The summed E-state index contributed by atoms with van der Waals surface area (Å²) in [6.07, 6.45) is 1.02. The van der Waals surface area contributed by atoms with Crippen LogP contribution in [0.15, 0.2) is 24.3 Å². The van der Waals surface area contributed by atoms with Crippen molar-refractivity contribution in [1.29, 1.82) is 0 Å². The molecule has 1 aromatic rings. The van der Waals surface area contributed by atoms with E-state index in [0.717, 1.165) is 38.5 Å². The number of benzene rings is 1. The van der Waals surface area contributed by atoms with Crippen molar-refractivity contribution in [2.75, 3.05) is 47.5 Å². The zero-order valence-electron chi connectivity index (χ0n) is 13.2. The van der Waals surface area contributed by atoms with E-state index in [-0.39, 0.29) is 0 Å². The lowest BCUT2D eigenvalue weighted by atomic mass is 10.1. The molecule has 1 unspecified atom stereocenters. The molecule has 1 rings (SSSR count). The molecule has 4 heteroatoms. The monoisotopic (exact) mass is 280 g/mol. The number of nitrogens with one attached hydrogen (secondary N) is 1. The predicted octanol–water partition coefficient (Wildman–Crippen LogP) is 1.79. The van der Waals surface area contributed by atoms with Gasteiger partial charge in [-0.15, -0.1) is 0 Å². The van der Waals surface area contributed by atoms with Crippen LogP contribution in [0.2, 0.25) is 0 Å². The van der Waals surface area contributed by atoms with Crippen LogP contribution >= 0.6 is 0 Å². The van der Waals surface area contributed by atoms with Crippen molar-refractivity contribution in [1.82, 2.24) is 10.2 Å². The molecule has 0 bridgehead atoms. The van der Waals surface area contributed by atoms with E-state index in [2.05, 4.69) is 43.4 Å². The molecular formula is C16H28N2O2. The molecule has 0 aliphatic heterocycles. The largest absolute Gasteiger partial charge is 0.497 e. The third kappa shape index (κ3) is 7.48. The van der Waals surface area contributed by atoms with Crippen LogP contribution in [0.1, 0.15) is 12.5 Å². The predicted molar refractivity (Wildman–Crippen MR) is 83.5 cm³/mol. The second-order valence-corrected chi connectivity index (χ2v) is 5.32. The molecule has 4 nitrogen and oxygen atoms in total. The minimum atomic E-state index is 0.445. The molecule has 1 aromatic carbocycles. The molecule has 0 saturated carbocycles. The number of likely N-dealkylation sites (N-methyl/N-ethyl adjacent to an activating group) is 1. The Morgan fingerprint density at radius 2 is 1.85 bits per heavy atom. The van der Waals surface area contributed by atoms with Gasteiger partial charge in [0.05, 0.1) is 20.3 Å². The topological polar surface area (TPSA) is 33.7 Å². The first-order valence-corrected chi connectivity index (χ1v) is 7.20. The summed E-state index contributed by atoms with van der Waals surface area (Å²) in [7, 11) is 5.80. The van der Waals surface area contributed by atoms with Crippen molar-refractivity contribution in [2.45, 2.75) is 19.4 Å². The molecular weight excluding hydrogens is 252 g/mol. The summed E-state index contributed by atoms with van der Waals surface area (Å²) >= 11 is 0. The average molecular weight is 280 g/mol. The van der Waals surface area contributed by atoms with Gasteiger partial charge in [-0.3, -0.25) is 0 Å². The van der Waals surface area contributed by atoms with Gasteiger partial charge < -0.3 is 19.7 Å². The van der Waals surface area contributed by atoms with E-state index in [1.165, 1.54) is 5.56 Å². The minimum Gasteiger partial charge on any atom is -0.497 e. The lowest BCUT2D eigenvalue weighted by Crippen LogP contribution is -2.31. The summed E-state index contributed by atoms with van der Waals surface area (Å²) in [6.45, 7) is 5.62. The van der Waals surface area contributed by atoms with E-state index in [9.17, 15) is 0 Å². The normalized spacial score (nSPS) is 12.7. The molecule has 0 amide bonds. The lowest BCUT2D eigenvalue weighted by Gasteiger charge is -2.15. The summed E-state index contributed by atoms with van der Waals surface area (Å²) in [4.78, 5) is 2.12. The molecule has 0 spiro atoms. The lowest BCUT2D eigenvalue weighted by molar-refractivity contribution is 0.118. The van der Waals surface area contributed by atoms with Gasteiger partial charge in [-0.05, 0) is 45.1 Å². The first kappa shape index (κ1) is 17.0. The molecule has 0 aromatic heterocycles. The van der Waals surface area contributed by atoms with Gasteiger partial charge in [0.15, 0.2) is 0 Å². The average Bonchev–Trinajstić information content (AvgIpc) is 2.43. The standard InChI is InChI=1S/C16H28N2O2/c1-14(17-9-11-20-12-10-18(2)3)13-15-5-7-16(19-4)8-6-15/h5-8,14,17H,9-13H2,1-4H3. The van der Waals surface area contributed by atoms with Gasteiger partial charge in [0.25, 0.3) is 0 Å². The van der Waals surface area contributed by atoms with Crippen LogP contribution in [-0.4, -0.2) is 58.5 Å². The third-order valence-corrected chi connectivity index (χ3v) is 3.12. The Hall–Kier alpha value is -1.10. The van der Waals surface area contributed by atoms with Gasteiger partial charge in [-0.2, -0.15) is 0 Å². The third-order valence-electron chi connectivity index (χ3n) is 3.12. The molecule has 1 atom stereocenters. The quantitative estimate of drug-likeness (QED) is 0.663. The van der Waals surface area contributed by atoms with E-state index < -0.39 is 0 Å². The molecule has 1 N–H and O–H groups in total. The number of nitrogens with zero attached hydrogens (tertiary/aromatic N) is 1. The summed E-state index contributed by atoms with van der Waals surface area (Å²) in [6, 6.07) is 8.69. The van der Waals surface area contributed by atoms with Gasteiger partial charge in [0, 0.05) is 19.1 Å². The van der Waals surface area contributed by atoms with E-state index in [4.69, 9.17) is 9.47 Å². The van der Waals surface area contributed by atoms with E-state index >= 15 is 0 Å². The van der Waals surface area contributed by atoms with Crippen LogP contribution in [0.3, 0.4) is 0 Å². The molecule has 0 aliphatic rings. The number of ether oxygens (including phenoxy) is 2. The highest BCUT2D eigenvalue weighted by atomic mass is 16.5. The van der Waals surface area contributed by atoms with Crippen molar-refractivity contribution in [2.24, 2.45) is 0 Å². The van der Waals surface area contributed by atoms with Crippen molar-refractivity contribution in [3.63, 3.8) is 0 Å². The summed E-state index contributed by atoms with van der Waals surface area (Å²) < 4.78 is 10.7. The maximum atomic E-state index is 5.55. The summed E-state index contributed by atoms with van der Waals surface area (Å²) in [5.41, 5.74) is 1.32. The fourth-order valence-corrected chi connectivity index (χ4v) is 1.91. The zero-order chi connectivity index (χ0) is 14.8. The van der Waals surface area contributed by atoms with Crippen molar-refractivity contribution < 1.29 is 9.47 Å². The first-order valence-electron chi connectivity index (χ1n) is 7.20. The van der Waals surface area contributed by atoms with Crippen molar-refractivity contribution >= 4 is 0 Å². The van der Waals surface area contributed by atoms with Crippen LogP contribution in [-0.2, 0) is 11.2 Å². The van der Waals surface area contributed by atoms with Gasteiger partial charge in [-0.25, -0.2) is 0 Å². The van der Waals surface area contributed by atoms with Crippen LogP contribution in [0, 0.1) is 0 Å². The summed E-state index contributed by atoms with van der Waals surface area (Å²) in [5.74, 6) is 0.906. The fraction of sp³-hybridized carbons (Fsp3) is 0.625. The van der Waals surface area contributed by atoms with E-state index in [1.54, 1.807) is 7.11 Å². The molecule has 0 aliphatic carbocycles. The Bertz CT molecular complexity index is 352. The van der Waals surface area contributed by atoms with Crippen LogP contribution in [0.5, 0.6) is 5.75 Å². The molecule has 0 fully saturated rings. The Labute approximate surface area is 123 Å². The molecule has 20 heavy (non-hydrogen) atoms. The second-order valence-electron chi connectivity index (χ2n) is 5.32. The Morgan fingerprint density at radius 3 is 2.45 bits per heavy atom. The summed E-state index contributed by atoms with van der Waals surface area (Å²) in [5, 5.41) is 3.48. The maximum Gasteiger partial charge on any atom is 0.118 e. The Morgan fingerprint density at radius 1 is 1.15 bits per heavy atom. The van der Waals surface area contributed by atoms with Gasteiger partial charge in [-0.1, -0.05) is 12.1 Å². The Kier molecular flexibility index (Phi) is 8.26. The van der Waals surface area contributed by atoms with Crippen LogP contribution < -0.4 is 10.1 Å². The number of rotatable bonds is 10. The maximum absolute atomic E-state index is 5.55. The van der Waals surface area contributed by atoms with E-state index in [1.807, 2.05) is 12.1 Å². The van der Waals surface area contributed by atoms with Crippen LogP contribution in [0.25, 0.3) is 0 Å². The molecule has 0 radical (unpaired) electrons. The van der Waals surface area contributed by atoms with Gasteiger partial charge >= 0.3 is 0 Å². The highest BCUT2D eigenvalue weighted by Crippen LogP contribution is 2.12. The second kappa shape index (κ2) is 9.75. The smallest absolute Gasteiger partial charge is 0.118 e. The minimum absolute atomic E-state index is 0.445. The molecule has 114 valence electrons.